The first-order chi connectivity index (χ1) is 12.1. The van der Waals surface area contributed by atoms with Crippen LogP contribution >= 0.6 is 11.6 Å². The fourth-order valence-corrected chi connectivity index (χ4v) is 3.22. The number of aromatic nitrogens is 3. The monoisotopic (exact) mass is 361 g/mol. The number of halogens is 1. The molecular weight excluding hydrogens is 338 g/mol. The summed E-state index contributed by atoms with van der Waals surface area (Å²) in [5.74, 6) is 1.78. The van der Waals surface area contributed by atoms with Gasteiger partial charge in [-0.1, -0.05) is 17.7 Å². The van der Waals surface area contributed by atoms with Crippen LogP contribution in [0.15, 0.2) is 29.5 Å². The van der Waals surface area contributed by atoms with Crippen LogP contribution in [0.5, 0.6) is 0 Å². The third-order valence-electron chi connectivity index (χ3n) is 4.51. The molecule has 0 unspecified atom stereocenters. The van der Waals surface area contributed by atoms with E-state index in [0.29, 0.717) is 6.54 Å². The lowest BCUT2D eigenvalue weighted by atomic mass is 10.1. The molecule has 25 heavy (non-hydrogen) atoms. The maximum absolute atomic E-state index is 6.16. The lowest BCUT2D eigenvalue weighted by molar-refractivity contribution is 0.371. The van der Waals surface area contributed by atoms with Gasteiger partial charge in [0.05, 0.1) is 6.54 Å². The first-order valence-electron chi connectivity index (χ1n) is 8.38. The number of hydrogen-bond acceptors (Lipinski definition) is 4. The van der Waals surface area contributed by atoms with Crippen molar-refractivity contribution in [2.24, 2.45) is 12.0 Å². The summed E-state index contributed by atoms with van der Waals surface area (Å²) < 4.78 is 1.76. The predicted molar refractivity (Wildman–Crippen MR) is 101 cm³/mol. The summed E-state index contributed by atoms with van der Waals surface area (Å²) in [6, 6.07) is 6.06. The molecule has 2 aromatic rings. The Kier molecular flexibility index (Phi) is 5.43. The SMILES string of the molecule is CN=C(NCc1ncnn1C)N1CCN(c2cc(Cl)ccc2C)CC1. The molecule has 0 bridgehead atoms. The minimum absolute atomic E-state index is 0.608. The van der Waals surface area contributed by atoms with Gasteiger partial charge >= 0.3 is 0 Å². The number of nitrogens with one attached hydrogen (secondary N) is 1. The molecule has 0 amide bonds. The van der Waals surface area contributed by atoms with E-state index >= 15 is 0 Å². The molecule has 0 radical (unpaired) electrons. The summed E-state index contributed by atoms with van der Waals surface area (Å²) in [4.78, 5) is 13.3. The molecule has 0 saturated carbocycles. The predicted octanol–water partition coefficient (Wildman–Crippen LogP) is 1.67. The first kappa shape index (κ1) is 17.5. The highest BCUT2D eigenvalue weighted by Crippen LogP contribution is 2.25. The topological polar surface area (TPSA) is 61.6 Å². The van der Waals surface area contributed by atoms with E-state index < -0.39 is 0 Å². The minimum Gasteiger partial charge on any atom is -0.368 e. The summed E-state index contributed by atoms with van der Waals surface area (Å²) in [6.07, 6.45) is 1.56. The molecule has 1 aliphatic rings. The average molecular weight is 362 g/mol. The van der Waals surface area contributed by atoms with Crippen LogP contribution in [-0.2, 0) is 13.6 Å². The van der Waals surface area contributed by atoms with E-state index in [1.807, 2.05) is 26.2 Å². The number of benzene rings is 1. The van der Waals surface area contributed by atoms with Crippen molar-refractivity contribution >= 4 is 23.2 Å². The third-order valence-corrected chi connectivity index (χ3v) is 4.75. The maximum atomic E-state index is 6.16. The van der Waals surface area contributed by atoms with Gasteiger partial charge in [-0.25, -0.2) is 4.98 Å². The van der Waals surface area contributed by atoms with Crippen molar-refractivity contribution in [3.05, 3.63) is 40.9 Å². The molecule has 1 aromatic carbocycles. The van der Waals surface area contributed by atoms with Crippen molar-refractivity contribution in [3.63, 3.8) is 0 Å². The average Bonchev–Trinajstić information content (AvgIpc) is 3.03. The molecule has 0 aliphatic carbocycles. The van der Waals surface area contributed by atoms with Crippen LogP contribution in [-0.4, -0.2) is 58.9 Å². The molecular formula is C17H24ClN7. The Morgan fingerprint density at radius 3 is 2.68 bits per heavy atom. The molecule has 2 heterocycles. The van der Waals surface area contributed by atoms with Gasteiger partial charge in [-0.05, 0) is 24.6 Å². The Morgan fingerprint density at radius 2 is 2.04 bits per heavy atom. The highest BCUT2D eigenvalue weighted by molar-refractivity contribution is 6.30. The fourth-order valence-electron chi connectivity index (χ4n) is 3.05. The Bertz CT molecular complexity index is 747. The zero-order valence-electron chi connectivity index (χ0n) is 14.9. The largest absolute Gasteiger partial charge is 0.368 e. The molecule has 1 aromatic heterocycles. The van der Waals surface area contributed by atoms with E-state index in [2.05, 4.69) is 43.2 Å². The Balaban J connectivity index is 1.59. The lowest BCUT2D eigenvalue weighted by Gasteiger charge is -2.38. The maximum Gasteiger partial charge on any atom is 0.194 e. The zero-order chi connectivity index (χ0) is 17.8. The molecule has 1 N–H and O–H groups in total. The number of anilines is 1. The molecule has 0 spiro atoms. The van der Waals surface area contributed by atoms with Crippen LogP contribution in [0.25, 0.3) is 0 Å². The molecule has 1 fully saturated rings. The standard InChI is InChI=1S/C17H24ClN7/c1-13-4-5-14(18)10-15(13)24-6-8-25(9-7-24)17(19-2)20-11-16-21-12-22-23(16)3/h4-5,10,12H,6-9,11H2,1-3H3,(H,19,20). The Hall–Kier alpha value is -2.28. The van der Waals surface area contributed by atoms with Gasteiger partial charge in [0.1, 0.15) is 12.2 Å². The molecule has 3 rings (SSSR count). The minimum atomic E-state index is 0.608. The van der Waals surface area contributed by atoms with Gasteiger partial charge in [0.15, 0.2) is 5.96 Å². The number of aliphatic imine (C=N–C) groups is 1. The van der Waals surface area contributed by atoms with E-state index in [9.17, 15) is 0 Å². The van der Waals surface area contributed by atoms with Gasteiger partial charge in [0.25, 0.3) is 0 Å². The Labute approximate surface area is 153 Å². The van der Waals surface area contributed by atoms with Crippen LogP contribution in [0.4, 0.5) is 5.69 Å². The highest BCUT2D eigenvalue weighted by Gasteiger charge is 2.21. The van der Waals surface area contributed by atoms with Crippen molar-refractivity contribution in [1.82, 2.24) is 25.0 Å². The number of aryl methyl sites for hydroxylation is 2. The second kappa shape index (κ2) is 7.74. The van der Waals surface area contributed by atoms with Crippen molar-refractivity contribution < 1.29 is 0 Å². The normalized spacial score (nSPS) is 15.6. The number of guanidine groups is 1. The summed E-state index contributed by atoms with van der Waals surface area (Å²) in [6.45, 7) is 6.42. The number of nitrogens with zero attached hydrogens (tertiary/aromatic N) is 6. The Morgan fingerprint density at radius 1 is 1.28 bits per heavy atom. The van der Waals surface area contributed by atoms with Gasteiger partial charge in [-0.3, -0.25) is 9.67 Å². The lowest BCUT2D eigenvalue weighted by Crippen LogP contribution is -2.52. The van der Waals surface area contributed by atoms with Crippen molar-refractivity contribution in [1.29, 1.82) is 0 Å². The number of piperazine rings is 1. The van der Waals surface area contributed by atoms with Crippen LogP contribution in [0.1, 0.15) is 11.4 Å². The molecule has 7 nitrogen and oxygen atoms in total. The van der Waals surface area contributed by atoms with E-state index in [4.69, 9.17) is 11.6 Å². The van der Waals surface area contributed by atoms with E-state index in [1.165, 1.54) is 11.3 Å². The van der Waals surface area contributed by atoms with Crippen LogP contribution in [0, 0.1) is 6.92 Å². The third kappa shape index (κ3) is 4.04. The molecule has 0 atom stereocenters. The number of hydrogen-bond donors (Lipinski definition) is 1. The van der Waals surface area contributed by atoms with Crippen molar-refractivity contribution in [3.8, 4) is 0 Å². The van der Waals surface area contributed by atoms with Gasteiger partial charge in [0.2, 0.25) is 0 Å². The molecule has 8 heteroatoms. The summed E-state index contributed by atoms with van der Waals surface area (Å²) in [7, 11) is 3.70. The molecule has 1 aliphatic heterocycles. The van der Waals surface area contributed by atoms with E-state index in [0.717, 1.165) is 43.0 Å². The van der Waals surface area contributed by atoms with Gasteiger partial charge in [-0.2, -0.15) is 5.10 Å². The van der Waals surface area contributed by atoms with Crippen LogP contribution in [0.3, 0.4) is 0 Å². The van der Waals surface area contributed by atoms with Gasteiger partial charge < -0.3 is 15.1 Å². The smallest absolute Gasteiger partial charge is 0.194 e. The molecule has 134 valence electrons. The van der Waals surface area contributed by atoms with Crippen molar-refractivity contribution in [2.45, 2.75) is 13.5 Å². The first-order valence-corrected chi connectivity index (χ1v) is 8.76. The second-order valence-electron chi connectivity index (χ2n) is 6.11. The van der Waals surface area contributed by atoms with Crippen LogP contribution < -0.4 is 10.2 Å². The quantitative estimate of drug-likeness (QED) is 0.665. The fraction of sp³-hybridized carbons (Fsp3) is 0.471. The molecule has 1 saturated heterocycles. The summed E-state index contributed by atoms with van der Waals surface area (Å²) in [5, 5.41) is 8.24. The summed E-state index contributed by atoms with van der Waals surface area (Å²) in [5.41, 5.74) is 2.47. The van der Waals surface area contributed by atoms with Gasteiger partial charge in [0, 0.05) is 51.0 Å². The van der Waals surface area contributed by atoms with E-state index in [-0.39, 0.29) is 0 Å². The van der Waals surface area contributed by atoms with Gasteiger partial charge in [-0.15, -0.1) is 0 Å². The summed E-state index contributed by atoms with van der Waals surface area (Å²) >= 11 is 6.16. The highest BCUT2D eigenvalue weighted by atomic mass is 35.5. The van der Waals surface area contributed by atoms with Crippen molar-refractivity contribution in [2.75, 3.05) is 38.1 Å². The number of rotatable bonds is 3. The zero-order valence-corrected chi connectivity index (χ0v) is 15.7. The van der Waals surface area contributed by atoms with E-state index in [1.54, 1.807) is 11.0 Å². The van der Waals surface area contributed by atoms with Crippen LogP contribution in [0.2, 0.25) is 5.02 Å². The second-order valence-corrected chi connectivity index (χ2v) is 6.54.